The highest BCUT2D eigenvalue weighted by atomic mass is 19.4. The van der Waals surface area contributed by atoms with Crippen LogP contribution in [0.4, 0.5) is 13.2 Å². The molecule has 0 radical (unpaired) electrons. The summed E-state index contributed by atoms with van der Waals surface area (Å²) >= 11 is 0. The molecule has 0 saturated carbocycles. The zero-order valence-corrected chi connectivity index (χ0v) is 10.3. The second-order valence-corrected chi connectivity index (χ2v) is 4.10. The number of carbonyl (C=O) groups is 1. The minimum absolute atomic E-state index is 0.0477. The lowest BCUT2D eigenvalue weighted by molar-refractivity contribution is -0.137. The van der Waals surface area contributed by atoms with E-state index < -0.39 is 17.7 Å². The molecule has 0 saturated heterocycles. The second kappa shape index (κ2) is 4.92. The van der Waals surface area contributed by atoms with Crippen molar-refractivity contribution >= 4 is 5.97 Å². The van der Waals surface area contributed by atoms with Gasteiger partial charge in [-0.05, 0) is 25.1 Å². The van der Waals surface area contributed by atoms with E-state index in [1.54, 1.807) is 6.92 Å². The van der Waals surface area contributed by atoms with E-state index in [-0.39, 0.29) is 17.1 Å². The minimum atomic E-state index is -4.48. The van der Waals surface area contributed by atoms with Crippen LogP contribution in [0.3, 0.4) is 0 Å². The number of aromatic nitrogens is 2. The molecule has 7 heteroatoms. The third kappa shape index (κ3) is 2.93. The first-order chi connectivity index (χ1) is 9.27. The Labute approximate surface area is 111 Å². The SMILES string of the molecule is Cc1cc(C(=O)O)nc(-c2cccc(C(F)(F)F)c2)n1. The lowest BCUT2D eigenvalue weighted by Gasteiger charge is -2.08. The molecule has 2 rings (SSSR count). The third-order valence-corrected chi connectivity index (χ3v) is 2.52. The Morgan fingerprint density at radius 2 is 1.90 bits per heavy atom. The molecule has 1 heterocycles. The molecule has 0 aliphatic rings. The monoisotopic (exact) mass is 282 g/mol. The van der Waals surface area contributed by atoms with Gasteiger partial charge in [0.25, 0.3) is 0 Å². The van der Waals surface area contributed by atoms with Crippen molar-refractivity contribution in [2.75, 3.05) is 0 Å². The topological polar surface area (TPSA) is 63.1 Å². The fraction of sp³-hybridized carbons (Fsp3) is 0.154. The lowest BCUT2D eigenvalue weighted by Crippen LogP contribution is -2.06. The van der Waals surface area contributed by atoms with E-state index in [1.807, 2.05) is 0 Å². The van der Waals surface area contributed by atoms with Crippen LogP contribution >= 0.6 is 0 Å². The number of benzene rings is 1. The zero-order chi connectivity index (χ0) is 14.9. The molecule has 20 heavy (non-hydrogen) atoms. The smallest absolute Gasteiger partial charge is 0.416 e. The summed E-state index contributed by atoms with van der Waals surface area (Å²) in [6.45, 7) is 1.55. The van der Waals surface area contributed by atoms with Gasteiger partial charge in [-0.25, -0.2) is 14.8 Å². The summed E-state index contributed by atoms with van der Waals surface area (Å²) in [6, 6.07) is 5.69. The quantitative estimate of drug-likeness (QED) is 0.919. The number of aromatic carboxylic acids is 1. The Kier molecular flexibility index (Phi) is 3.44. The molecule has 1 aromatic carbocycles. The molecule has 0 unspecified atom stereocenters. The van der Waals surface area contributed by atoms with Crippen LogP contribution in [0.15, 0.2) is 30.3 Å². The maximum absolute atomic E-state index is 12.6. The summed E-state index contributed by atoms with van der Waals surface area (Å²) in [5.41, 5.74) is -0.613. The normalized spacial score (nSPS) is 11.4. The highest BCUT2D eigenvalue weighted by Crippen LogP contribution is 2.31. The predicted molar refractivity (Wildman–Crippen MR) is 64.2 cm³/mol. The number of rotatable bonds is 2. The number of hydrogen-bond donors (Lipinski definition) is 1. The first-order valence-electron chi connectivity index (χ1n) is 5.54. The van der Waals surface area contributed by atoms with E-state index in [4.69, 9.17) is 5.11 Å². The summed E-state index contributed by atoms with van der Waals surface area (Å²) in [5.74, 6) is -1.31. The maximum atomic E-state index is 12.6. The molecule has 4 nitrogen and oxygen atoms in total. The predicted octanol–water partition coefficient (Wildman–Crippen LogP) is 3.17. The van der Waals surface area contributed by atoms with Crippen LogP contribution in [0.25, 0.3) is 11.4 Å². The molecule has 0 aliphatic heterocycles. The van der Waals surface area contributed by atoms with Gasteiger partial charge in [0, 0.05) is 11.3 Å². The van der Waals surface area contributed by atoms with Crippen LogP contribution in [0.1, 0.15) is 21.7 Å². The van der Waals surface area contributed by atoms with Gasteiger partial charge in [-0.2, -0.15) is 13.2 Å². The van der Waals surface area contributed by atoms with Gasteiger partial charge in [0.1, 0.15) is 0 Å². The highest BCUT2D eigenvalue weighted by molar-refractivity contribution is 5.86. The van der Waals surface area contributed by atoms with Crippen LogP contribution < -0.4 is 0 Å². The molecule has 0 fully saturated rings. The summed E-state index contributed by atoms with van der Waals surface area (Å²) in [7, 11) is 0. The summed E-state index contributed by atoms with van der Waals surface area (Å²) in [5, 5.41) is 8.89. The zero-order valence-electron chi connectivity index (χ0n) is 10.3. The average molecular weight is 282 g/mol. The van der Waals surface area contributed by atoms with Crippen molar-refractivity contribution in [1.29, 1.82) is 0 Å². The van der Waals surface area contributed by atoms with Gasteiger partial charge < -0.3 is 5.11 Å². The van der Waals surface area contributed by atoms with Crippen molar-refractivity contribution in [3.8, 4) is 11.4 Å². The average Bonchev–Trinajstić information content (AvgIpc) is 2.37. The van der Waals surface area contributed by atoms with E-state index in [1.165, 1.54) is 18.2 Å². The highest BCUT2D eigenvalue weighted by Gasteiger charge is 2.30. The van der Waals surface area contributed by atoms with Crippen LogP contribution in [-0.4, -0.2) is 21.0 Å². The van der Waals surface area contributed by atoms with Gasteiger partial charge in [0.2, 0.25) is 0 Å². The second-order valence-electron chi connectivity index (χ2n) is 4.10. The number of carboxylic acids is 1. The Hall–Kier alpha value is -2.44. The first kappa shape index (κ1) is 14.0. The van der Waals surface area contributed by atoms with E-state index in [9.17, 15) is 18.0 Å². The molecule has 0 amide bonds. The minimum Gasteiger partial charge on any atom is -0.477 e. The third-order valence-electron chi connectivity index (χ3n) is 2.52. The number of halogens is 3. The van der Waals surface area contributed by atoms with Crippen molar-refractivity contribution in [3.63, 3.8) is 0 Å². The van der Waals surface area contributed by atoms with Gasteiger partial charge in [0.15, 0.2) is 11.5 Å². The largest absolute Gasteiger partial charge is 0.477 e. The standard InChI is InChI=1S/C13H9F3N2O2/c1-7-5-10(12(19)20)18-11(17-7)8-3-2-4-9(6-8)13(14,15)16/h2-6H,1H3,(H,19,20). The number of carboxylic acid groups (broad SMARTS) is 1. The molecule has 1 aromatic heterocycles. The molecule has 104 valence electrons. The number of nitrogens with zero attached hydrogens (tertiary/aromatic N) is 2. The molecule has 0 bridgehead atoms. The van der Waals surface area contributed by atoms with Crippen molar-refractivity contribution in [2.45, 2.75) is 13.1 Å². The number of aryl methyl sites for hydroxylation is 1. The van der Waals surface area contributed by atoms with Crippen molar-refractivity contribution < 1.29 is 23.1 Å². The Morgan fingerprint density at radius 1 is 1.20 bits per heavy atom. The summed E-state index contributed by atoms with van der Waals surface area (Å²) < 4.78 is 37.9. The van der Waals surface area contributed by atoms with Crippen LogP contribution in [0.5, 0.6) is 0 Å². The Bertz CT molecular complexity index is 669. The van der Waals surface area contributed by atoms with Crippen molar-refractivity contribution in [1.82, 2.24) is 9.97 Å². The van der Waals surface area contributed by atoms with Gasteiger partial charge in [0.05, 0.1) is 5.56 Å². The van der Waals surface area contributed by atoms with Gasteiger partial charge in [-0.1, -0.05) is 12.1 Å². The summed E-state index contributed by atoms with van der Waals surface area (Å²) in [6.07, 6.45) is -4.48. The summed E-state index contributed by atoms with van der Waals surface area (Å²) in [4.78, 5) is 18.6. The van der Waals surface area contributed by atoms with E-state index in [0.29, 0.717) is 5.69 Å². The molecular weight excluding hydrogens is 273 g/mol. The molecular formula is C13H9F3N2O2. The lowest BCUT2D eigenvalue weighted by atomic mass is 10.1. The number of hydrogen-bond acceptors (Lipinski definition) is 3. The number of alkyl halides is 3. The van der Waals surface area contributed by atoms with Gasteiger partial charge >= 0.3 is 12.1 Å². The van der Waals surface area contributed by atoms with E-state index in [2.05, 4.69) is 9.97 Å². The van der Waals surface area contributed by atoms with Crippen LogP contribution in [0.2, 0.25) is 0 Å². The van der Waals surface area contributed by atoms with Gasteiger partial charge in [-0.3, -0.25) is 0 Å². The van der Waals surface area contributed by atoms with Gasteiger partial charge in [-0.15, -0.1) is 0 Å². The molecule has 0 atom stereocenters. The van der Waals surface area contributed by atoms with E-state index in [0.717, 1.165) is 12.1 Å². The van der Waals surface area contributed by atoms with Crippen molar-refractivity contribution in [2.24, 2.45) is 0 Å². The van der Waals surface area contributed by atoms with Crippen molar-refractivity contribution in [3.05, 3.63) is 47.3 Å². The molecule has 2 aromatic rings. The Balaban J connectivity index is 2.54. The maximum Gasteiger partial charge on any atom is 0.416 e. The first-order valence-corrected chi connectivity index (χ1v) is 5.54. The molecule has 0 spiro atoms. The fourth-order valence-corrected chi connectivity index (χ4v) is 1.64. The van der Waals surface area contributed by atoms with E-state index >= 15 is 0 Å². The molecule has 0 aliphatic carbocycles. The van der Waals surface area contributed by atoms with Crippen LogP contribution in [0, 0.1) is 6.92 Å². The molecule has 1 N–H and O–H groups in total. The Morgan fingerprint density at radius 3 is 2.50 bits per heavy atom. The van der Waals surface area contributed by atoms with Crippen LogP contribution in [-0.2, 0) is 6.18 Å². The fourth-order valence-electron chi connectivity index (χ4n) is 1.64.